The van der Waals surface area contributed by atoms with E-state index in [1.807, 2.05) is 0 Å². The van der Waals surface area contributed by atoms with Gasteiger partial charge in [0.15, 0.2) is 0 Å². The normalized spacial score (nSPS) is 14.4. The number of benzene rings is 4. The van der Waals surface area contributed by atoms with Crippen LogP contribution < -0.4 is 20.3 Å². The maximum absolute atomic E-state index is 14.0. The molecule has 2 N–H and O–H groups in total. The van der Waals surface area contributed by atoms with Crippen molar-refractivity contribution in [2.24, 2.45) is 0 Å². The lowest BCUT2D eigenvalue weighted by Gasteiger charge is -2.25. The van der Waals surface area contributed by atoms with E-state index in [4.69, 9.17) is 39.5 Å². The number of carbonyl (C=O) groups excluding carboxylic acids is 3. The summed E-state index contributed by atoms with van der Waals surface area (Å²) in [7, 11) is 1.46. The highest BCUT2D eigenvalue weighted by atomic mass is 35.5. The van der Waals surface area contributed by atoms with Crippen molar-refractivity contribution in [2.75, 3.05) is 23.9 Å². The quantitative estimate of drug-likeness (QED) is 0.230. The first-order valence-corrected chi connectivity index (χ1v) is 14.3. The molecule has 0 aromatic heterocycles. The van der Waals surface area contributed by atoms with Gasteiger partial charge in [-0.1, -0.05) is 59.1 Å². The van der Waals surface area contributed by atoms with Crippen molar-refractivity contribution in [1.29, 1.82) is 0 Å². The predicted octanol–water partition coefficient (Wildman–Crippen LogP) is 7.82. The second-order valence-electron chi connectivity index (χ2n) is 9.66. The van der Waals surface area contributed by atoms with Gasteiger partial charge in [0, 0.05) is 29.0 Å². The van der Waals surface area contributed by atoms with Crippen molar-refractivity contribution < 1.29 is 19.1 Å². The lowest BCUT2D eigenvalue weighted by Crippen LogP contribution is -2.32. The first kappa shape index (κ1) is 29.5. The number of nitrogens with one attached hydrogen (secondary N) is 2. The van der Waals surface area contributed by atoms with Crippen LogP contribution in [0, 0.1) is 0 Å². The van der Waals surface area contributed by atoms with E-state index in [-0.39, 0.29) is 17.7 Å². The van der Waals surface area contributed by atoms with Gasteiger partial charge in [0.2, 0.25) is 0 Å². The van der Waals surface area contributed by atoms with E-state index < -0.39 is 6.04 Å². The molecule has 0 saturated heterocycles. The van der Waals surface area contributed by atoms with Crippen LogP contribution in [0.2, 0.25) is 15.1 Å². The monoisotopic (exact) mass is 621 g/mol. The Morgan fingerprint density at radius 1 is 0.810 bits per heavy atom. The largest absolute Gasteiger partial charge is 0.496 e. The number of hydrogen-bond donors (Lipinski definition) is 2. The summed E-state index contributed by atoms with van der Waals surface area (Å²) in [5.74, 6) is -0.699. The Labute approximate surface area is 258 Å². The summed E-state index contributed by atoms with van der Waals surface area (Å²) in [5.41, 5.74) is 2.80. The number of halogens is 3. The van der Waals surface area contributed by atoms with Crippen LogP contribution in [-0.2, 0) is 0 Å². The molecule has 3 amide bonds. The van der Waals surface area contributed by atoms with Crippen LogP contribution in [0.4, 0.5) is 11.4 Å². The first-order valence-electron chi connectivity index (χ1n) is 13.2. The molecule has 0 saturated carbocycles. The third-order valence-electron chi connectivity index (χ3n) is 7.01. The molecule has 0 bridgehead atoms. The SMILES string of the molecule is COc1cc(NC(=O)c2ccccc2Cl)ccc1C(=O)N1CCCC(NC(=O)c2ccccc2Cl)c2cc(Cl)ccc21. The smallest absolute Gasteiger partial charge is 0.262 e. The fourth-order valence-electron chi connectivity index (χ4n) is 4.96. The van der Waals surface area contributed by atoms with Crippen LogP contribution in [0.25, 0.3) is 0 Å². The molecule has 0 spiro atoms. The third kappa shape index (κ3) is 6.23. The Balaban J connectivity index is 1.42. The van der Waals surface area contributed by atoms with Gasteiger partial charge in [0.05, 0.1) is 39.9 Å². The highest BCUT2D eigenvalue weighted by Gasteiger charge is 2.30. The number of ether oxygens (including phenoxy) is 1. The molecule has 4 aromatic carbocycles. The third-order valence-corrected chi connectivity index (χ3v) is 7.90. The molecule has 0 fully saturated rings. The Bertz CT molecular complexity index is 1680. The van der Waals surface area contributed by atoms with Crippen molar-refractivity contribution in [1.82, 2.24) is 5.32 Å². The molecule has 42 heavy (non-hydrogen) atoms. The number of rotatable bonds is 6. The van der Waals surface area contributed by atoms with Crippen LogP contribution in [-0.4, -0.2) is 31.4 Å². The summed E-state index contributed by atoms with van der Waals surface area (Å²) >= 11 is 18.8. The Hall–Kier alpha value is -4.04. The zero-order chi connectivity index (χ0) is 29.8. The minimum atomic E-state index is -0.399. The van der Waals surface area contributed by atoms with E-state index >= 15 is 0 Å². The van der Waals surface area contributed by atoms with Crippen LogP contribution in [0.15, 0.2) is 84.9 Å². The van der Waals surface area contributed by atoms with Gasteiger partial charge in [-0.2, -0.15) is 0 Å². The topological polar surface area (TPSA) is 87.7 Å². The van der Waals surface area contributed by atoms with Crippen molar-refractivity contribution in [3.8, 4) is 5.75 Å². The molecule has 4 aromatic rings. The fourth-order valence-corrected chi connectivity index (χ4v) is 5.58. The van der Waals surface area contributed by atoms with E-state index in [1.54, 1.807) is 89.8 Å². The Morgan fingerprint density at radius 2 is 1.48 bits per heavy atom. The highest BCUT2D eigenvalue weighted by molar-refractivity contribution is 6.34. The molecular formula is C32H26Cl3N3O4. The average Bonchev–Trinajstić information content (AvgIpc) is 3.16. The zero-order valence-corrected chi connectivity index (χ0v) is 24.8. The summed E-state index contributed by atoms with van der Waals surface area (Å²) in [5, 5.41) is 7.03. The summed E-state index contributed by atoms with van der Waals surface area (Å²) in [6.45, 7) is 0.403. The number of methoxy groups -OCH3 is 1. The number of carbonyl (C=O) groups is 3. The summed E-state index contributed by atoms with van der Waals surface area (Å²) in [6.07, 6.45) is 1.19. The van der Waals surface area contributed by atoms with Gasteiger partial charge >= 0.3 is 0 Å². The summed E-state index contributed by atoms with van der Waals surface area (Å²) in [6, 6.07) is 23.3. The van der Waals surface area contributed by atoms with Gasteiger partial charge in [-0.15, -0.1) is 0 Å². The summed E-state index contributed by atoms with van der Waals surface area (Å²) < 4.78 is 5.57. The first-order chi connectivity index (χ1) is 20.3. The molecular weight excluding hydrogens is 597 g/mol. The highest BCUT2D eigenvalue weighted by Crippen LogP contribution is 2.37. The molecule has 1 aliphatic heterocycles. The number of nitrogens with zero attached hydrogens (tertiary/aromatic N) is 1. The zero-order valence-electron chi connectivity index (χ0n) is 22.5. The molecule has 1 aliphatic rings. The van der Waals surface area contributed by atoms with Crippen molar-refractivity contribution >= 4 is 63.9 Å². The second-order valence-corrected chi connectivity index (χ2v) is 10.9. The number of anilines is 2. The van der Waals surface area contributed by atoms with Gasteiger partial charge in [0.25, 0.3) is 17.7 Å². The van der Waals surface area contributed by atoms with Gasteiger partial charge < -0.3 is 20.3 Å². The maximum Gasteiger partial charge on any atom is 0.262 e. The number of fused-ring (bicyclic) bond motifs is 1. The van der Waals surface area contributed by atoms with Crippen LogP contribution in [0.1, 0.15) is 55.5 Å². The minimum Gasteiger partial charge on any atom is -0.496 e. The lowest BCUT2D eigenvalue weighted by atomic mass is 10.0. The molecule has 214 valence electrons. The van der Waals surface area contributed by atoms with E-state index in [1.165, 1.54) is 7.11 Å². The van der Waals surface area contributed by atoms with Crippen LogP contribution >= 0.6 is 34.8 Å². The minimum absolute atomic E-state index is 0.292. The standard InChI is InChI=1S/C32H26Cl3N3O4/c1-42-29-18-20(36-30(39)21-7-2-4-9-25(21)34)13-14-23(29)32(41)38-16-6-11-27(24-17-19(33)12-15-28(24)38)37-31(40)22-8-3-5-10-26(22)35/h2-5,7-10,12-15,17-18,27H,6,11,16H2,1H3,(H,36,39)(H,37,40). The van der Waals surface area contributed by atoms with E-state index in [0.717, 1.165) is 5.56 Å². The summed E-state index contributed by atoms with van der Waals surface area (Å²) in [4.78, 5) is 41.5. The van der Waals surface area contributed by atoms with Crippen LogP contribution in [0.3, 0.4) is 0 Å². The molecule has 1 atom stereocenters. The molecule has 0 radical (unpaired) electrons. The van der Waals surface area contributed by atoms with Gasteiger partial charge in [-0.25, -0.2) is 0 Å². The Morgan fingerprint density at radius 3 is 2.14 bits per heavy atom. The molecule has 7 nitrogen and oxygen atoms in total. The van der Waals surface area contributed by atoms with E-state index in [2.05, 4.69) is 10.6 Å². The van der Waals surface area contributed by atoms with Crippen molar-refractivity contribution in [2.45, 2.75) is 18.9 Å². The maximum atomic E-state index is 14.0. The molecule has 1 unspecified atom stereocenters. The lowest BCUT2D eigenvalue weighted by molar-refractivity contribution is 0.0932. The second kappa shape index (κ2) is 12.9. The van der Waals surface area contributed by atoms with Crippen LogP contribution in [0.5, 0.6) is 5.75 Å². The number of amides is 3. The molecule has 5 rings (SSSR count). The predicted molar refractivity (Wildman–Crippen MR) is 166 cm³/mol. The van der Waals surface area contributed by atoms with E-state index in [9.17, 15) is 14.4 Å². The fraction of sp³-hybridized carbons (Fsp3) is 0.156. The van der Waals surface area contributed by atoms with Gasteiger partial charge in [-0.3, -0.25) is 14.4 Å². The van der Waals surface area contributed by atoms with Gasteiger partial charge in [0.1, 0.15) is 5.75 Å². The van der Waals surface area contributed by atoms with Crippen molar-refractivity contribution in [3.63, 3.8) is 0 Å². The van der Waals surface area contributed by atoms with E-state index in [0.29, 0.717) is 68.3 Å². The van der Waals surface area contributed by atoms with Crippen molar-refractivity contribution in [3.05, 3.63) is 122 Å². The molecule has 0 aliphatic carbocycles. The average molecular weight is 623 g/mol. The molecule has 1 heterocycles. The Kier molecular flexibility index (Phi) is 9.02. The number of hydrogen-bond acceptors (Lipinski definition) is 4. The molecule has 10 heteroatoms. The van der Waals surface area contributed by atoms with Gasteiger partial charge in [-0.05, 0) is 73.0 Å².